The van der Waals surface area contributed by atoms with Gasteiger partial charge in [-0.25, -0.2) is 4.39 Å². The van der Waals surface area contributed by atoms with Gasteiger partial charge in [-0.05, 0) is 42.3 Å². The molecular formula is C19H18FNO4. The van der Waals surface area contributed by atoms with Crippen LogP contribution in [0.25, 0.3) is 0 Å². The summed E-state index contributed by atoms with van der Waals surface area (Å²) >= 11 is 0. The van der Waals surface area contributed by atoms with Gasteiger partial charge in [0, 0.05) is 12.1 Å². The minimum absolute atomic E-state index is 0.217. The molecular weight excluding hydrogens is 325 g/mol. The van der Waals surface area contributed by atoms with Crippen LogP contribution >= 0.6 is 0 Å². The molecule has 1 saturated heterocycles. The number of hydrogen-bond donors (Lipinski definition) is 1. The van der Waals surface area contributed by atoms with Crippen molar-refractivity contribution in [1.82, 2.24) is 4.90 Å². The Morgan fingerprint density at radius 1 is 1.12 bits per heavy atom. The molecule has 2 aliphatic rings. The summed E-state index contributed by atoms with van der Waals surface area (Å²) in [7, 11) is 0. The smallest absolute Gasteiger partial charge is 0.254 e. The molecule has 5 nitrogen and oxygen atoms in total. The molecule has 0 aromatic heterocycles. The average Bonchev–Trinajstić information content (AvgIpc) is 3.02. The van der Waals surface area contributed by atoms with Crippen molar-refractivity contribution in [1.29, 1.82) is 0 Å². The number of carbonyl (C=O) groups excluding carboxylic acids is 1. The highest BCUT2D eigenvalue weighted by Gasteiger charge is 2.36. The highest BCUT2D eigenvalue weighted by Crippen LogP contribution is 2.36. The summed E-state index contributed by atoms with van der Waals surface area (Å²) in [5, 5.41) is 10.1. The maximum atomic E-state index is 13.6. The fraction of sp³-hybridized carbons (Fsp3) is 0.316. The van der Waals surface area contributed by atoms with Crippen molar-refractivity contribution in [2.75, 3.05) is 19.8 Å². The molecule has 0 unspecified atom stereocenters. The molecule has 2 aliphatic heterocycles. The number of carbonyl (C=O) groups is 1. The highest BCUT2D eigenvalue weighted by molar-refractivity contribution is 5.95. The van der Waals surface area contributed by atoms with E-state index in [-0.39, 0.29) is 24.3 Å². The first-order valence-electron chi connectivity index (χ1n) is 8.26. The van der Waals surface area contributed by atoms with Gasteiger partial charge in [0.1, 0.15) is 19.0 Å². The number of halogens is 1. The Balaban J connectivity index is 1.63. The summed E-state index contributed by atoms with van der Waals surface area (Å²) in [5.41, 5.74) is 1.14. The first kappa shape index (κ1) is 15.9. The van der Waals surface area contributed by atoms with Gasteiger partial charge in [0.15, 0.2) is 11.5 Å². The molecule has 1 N–H and O–H groups in total. The molecule has 2 atom stereocenters. The second-order valence-electron chi connectivity index (χ2n) is 6.28. The lowest BCUT2D eigenvalue weighted by Gasteiger charge is -2.26. The minimum atomic E-state index is -0.630. The number of aliphatic hydroxyl groups is 1. The van der Waals surface area contributed by atoms with Gasteiger partial charge in [0.05, 0.1) is 12.1 Å². The van der Waals surface area contributed by atoms with E-state index in [9.17, 15) is 14.3 Å². The quantitative estimate of drug-likeness (QED) is 0.910. The third-order valence-electron chi connectivity index (χ3n) is 4.56. The molecule has 25 heavy (non-hydrogen) atoms. The van der Waals surface area contributed by atoms with Gasteiger partial charge in [-0.3, -0.25) is 4.79 Å². The van der Waals surface area contributed by atoms with Gasteiger partial charge in [-0.1, -0.05) is 12.1 Å². The van der Waals surface area contributed by atoms with Gasteiger partial charge < -0.3 is 19.5 Å². The zero-order valence-corrected chi connectivity index (χ0v) is 13.5. The molecule has 0 aliphatic carbocycles. The standard InChI is InChI=1S/C19H18FNO4/c20-14-3-1-2-12(8-14)16-10-15(22)11-21(16)19(23)13-4-5-17-18(9-13)25-7-6-24-17/h1-5,8-9,15-16,22H,6-7,10-11H2/t15-,16+/m1/s1. The highest BCUT2D eigenvalue weighted by atomic mass is 19.1. The Morgan fingerprint density at radius 3 is 2.72 bits per heavy atom. The summed E-state index contributed by atoms with van der Waals surface area (Å²) in [6.45, 7) is 1.15. The summed E-state index contributed by atoms with van der Waals surface area (Å²) in [6, 6.07) is 10.9. The first-order valence-corrected chi connectivity index (χ1v) is 8.26. The molecule has 1 fully saturated rings. The number of fused-ring (bicyclic) bond motifs is 1. The monoisotopic (exact) mass is 343 g/mol. The normalized spacial score (nSPS) is 22.1. The Kier molecular flexibility index (Phi) is 4.05. The number of likely N-dealkylation sites (tertiary alicyclic amines) is 1. The fourth-order valence-electron chi connectivity index (χ4n) is 3.41. The number of rotatable bonds is 2. The van der Waals surface area contributed by atoms with Gasteiger partial charge in [-0.2, -0.15) is 0 Å². The van der Waals surface area contributed by atoms with E-state index in [0.29, 0.717) is 42.3 Å². The molecule has 0 radical (unpaired) electrons. The molecule has 130 valence electrons. The van der Waals surface area contributed by atoms with Crippen LogP contribution in [0.2, 0.25) is 0 Å². The van der Waals surface area contributed by atoms with Crippen LogP contribution in [-0.2, 0) is 0 Å². The number of benzene rings is 2. The lowest BCUT2D eigenvalue weighted by molar-refractivity contribution is 0.0714. The van der Waals surface area contributed by atoms with Crippen LogP contribution in [-0.4, -0.2) is 41.8 Å². The van der Waals surface area contributed by atoms with Crippen LogP contribution in [0.15, 0.2) is 42.5 Å². The van der Waals surface area contributed by atoms with E-state index in [0.717, 1.165) is 0 Å². The second-order valence-corrected chi connectivity index (χ2v) is 6.28. The molecule has 2 aromatic rings. The Morgan fingerprint density at radius 2 is 1.92 bits per heavy atom. The predicted molar refractivity (Wildman–Crippen MR) is 88.2 cm³/mol. The minimum Gasteiger partial charge on any atom is -0.486 e. The van der Waals surface area contributed by atoms with Gasteiger partial charge in [0.25, 0.3) is 5.91 Å². The maximum Gasteiger partial charge on any atom is 0.254 e. The fourth-order valence-corrected chi connectivity index (χ4v) is 3.41. The number of aliphatic hydroxyl groups excluding tert-OH is 1. The molecule has 6 heteroatoms. The van der Waals surface area contributed by atoms with Crippen LogP contribution in [0.4, 0.5) is 4.39 Å². The Labute approximate surface area is 144 Å². The largest absolute Gasteiger partial charge is 0.486 e. The summed E-state index contributed by atoms with van der Waals surface area (Å²) in [6.07, 6.45) is -0.242. The molecule has 2 heterocycles. The van der Waals surface area contributed by atoms with Crippen molar-refractivity contribution in [3.05, 3.63) is 59.4 Å². The molecule has 0 spiro atoms. The Bertz CT molecular complexity index is 810. The lowest BCUT2D eigenvalue weighted by atomic mass is 10.0. The third-order valence-corrected chi connectivity index (χ3v) is 4.56. The van der Waals surface area contributed by atoms with Crippen molar-refractivity contribution in [2.45, 2.75) is 18.6 Å². The zero-order valence-electron chi connectivity index (χ0n) is 13.5. The summed E-state index contributed by atoms with van der Waals surface area (Å²) in [4.78, 5) is 14.6. The maximum absolute atomic E-state index is 13.6. The van der Waals surface area contributed by atoms with Gasteiger partial charge in [-0.15, -0.1) is 0 Å². The molecule has 2 aromatic carbocycles. The van der Waals surface area contributed by atoms with Crippen LogP contribution in [0.5, 0.6) is 11.5 Å². The number of hydrogen-bond acceptors (Lipinski definition) is 4. The molecule has 0 bridgehead atoms. The number of nitrogens with zero attached hydrogens (tertiary/aromatic N) is 1. The number of ether oxygens (including phenoxy) is 2. The van der Waals surface area contributed by atoms with Crippen molar-refractivity contribution >= 4 is 5.91 Å². The lowest BCUT2D eigenvalue weighted by Crippen LogP contribution is -2.32. The average molecular weight is 343 g/mol. The summed E-state index contributed by atoms with van der Waals surface area (Å²) in [5.74, 6) is 0.582. The molecule has 4 rings (SSSR count). The SMILES string of the molecule is O=C(c1ccc2c(c1)OCCO2)N1C[C@H](O)C[C@H]1c1cccc(F)c1. The Hall–Kier alpha value is -2.60. The molecule has 0 saturated carbocycles. The number of β-amino-alcohol motifs (C(OH)–C–C–N with tert-alkyl or cyclic N) is 1. The van der Waals surface area contributed by atoms with Crippen molar-refractivity contribution in [3.63, 3.8) is 0 Å². The van der Waals surface area contributed by atoms with Crippen LogP contribution in [0.3, 0.4) is 0 Å². The van der Waals surface area contributed by atoms with Crippen molar-refractivity contribution < 1.29 is 23.8 Å². The van der Waals surface area contributed by atoms with E-state index in [1.165, 1.54) is 12.1 Å². The topological polar surface area (TPSA) is 59.0 Å². The van der Waals surface area contributed by atoms with Gasteiger partial charge in [0.2, 0.25) is 0 Å². The van der Waals surface area contributed by atoms with Crippen molar-refractivity contribution in [2.24, 2.45) is 0 Å². The van der Waals surface area contributed by atoms with Crippen molar-refractivity contribution in [3.8, 4) is 11.5 Å². The van der Waals surface area contributed by atoms with E-state index >= 15 is 0 Å². The zero-order chi connectivity index (χ0) is 17.4. The van der Waals surface area contributed by atoms with Crippen LogP contribution in [0.1, 0.15) is 28.4 Å². The summed E-state index contributed by atoms with van der Waals surface area (Å²) < 4.78 is 24.6. The second kappa shape index (κ2) is 6.37. The number of amides is 1. The van der Waals surface area contributed by atoms with Crippen LogP contribution < -0.4 is 9.47 Å². The van der Waals surface area contributed by atoms with E-state index in [1.54, 1.807) is 35.2 Å². The first-order chi connectivity index (χ1) is 12.1. The van der Waals surface area contributed by atoms with Gasteiger partial charge >= 0.3 is 0 Å². The predicted octanol–water partition coefficient (Wildman–Crippen LogP) is 2.55. The van der Waals surface area contributed by atoms with Crippen LogP contribution in [0, 0.1) is 5.82 Å². The molecule has 1 amide bonds. The van der Waals surface area contributed by atoms with E-state index in [4.69, 9.17) is 9.47 Å². The van der Waals surface area contributed by atoms with E-state index in [1.807, 2.05) is 0 Å². The third kappa shape index (κ3) is 3.05. The van der Waals surface area contributed by atoms with E-state index in [2.05, 4.69) is 0 Å². The van der Waals surface area contributed by atoms with E-state index < -0.39 is 6.10 Å².